The van der Waals surface area contributed by atoms with E-state index in [9.17, 15) is 20.1 Å². The molecule has 3 N–H and O–H groups in total. The molecule has 1 heterocycles. The lowest BCUT2D eigenvalue weighted by Crippen LogP contribution is -2.00. The summed E-state index contributed by atoms with van der Waals surface area (Å²) in [4.78, 5) is 12.0. The Balaban J connectivity index is 0.00000161. The monoisotopic (exact) mass is 286 g/mol. The summed E-state index contributed by atoms with van der Waals surface area (Å²) >= 11 is 0. The van der Waals surface area contributed by atoms with Crippen LogP contribution in [0.5, 0.6) is 17.2 Å². The Morgan fingerprint density at radius 1 is 0.905 bits per heavy atom. The second-order valence-electron chi connectivity index (χ2n) is 4.31. The molecule has 5 nitrogen and oxygen atoms in total. The molecule has 0 fully saturated rings. The van der Waals surface area contributed by atoms with Crippen molar-refractivity contribution in [1.82, 2.24) is 0 Å². The van der Waals surface area contributed by atoms with Crippen molar-refractivity contribution in [3.63, 3.8) is 0 Å². The summed E-state index contributed by atoms with van der Waals surface area (Å²) in [7, 11) is 0. The van der Waals surface area contributed by atoms with Crippen LogP contribution < -0.4 is 5.43 Å². The van der Waals surface area contributed by atoms with E-state index in [1.807, 2.05) is 6.07 Å². The van der Waals surface area contributed by atoms with Gasteiger partial charge < -0.3 is 19.7 Å². The van der Waals surface area contributed by atoms with Gasteiger partial charge in [-0.1, -0.05) is 37.8 Å². The van der Waals surface area contributed by atoms with E-state index in [1.165, 1.54) is 6.07 Å². The molecular weight excluding hydrogens is 272 g/mol. The van der Waals surface area contributed by atoms with Gasteiger partial charge in [-0.05, 0) is 0 Å². The zero-order chi connectivity index (χ0) is 14.3. The Labute approximate surface area is 120 Å². The number of hydrogen-bond acceptors (Lipinski definition) is 5. The van der Waals surface area contributed by atoms with Crippen molar-refractivity contribution in [1.29, 1.82) is 0 Å². The van der Waals surface area contributed by atoms with Crippen molar-refractivity contribution in [3.05, 3.63) is 52.7 Å². The van der Waals surface area contributed by atoms with E-state index in [2.05, 4.69) is 0 Å². The first-order chi connectivity index (χ1) is 9.58. The fourth-order valence-corrected chi connectivity index (χ4v) is 2.02. The molecule has 0 bridgehead atoms. The van der Waals surface area contributed by atoms with Crippen LogP contribution in [0.15, 0.2) is 51.7 Å². The lowest BCUT2D eigenvalue weighted by atomic mass is 10.1. The number of benzene rings is 2. The molecule has 0 amide bonds. The third-order valence-corrected chi connectivity index (χ3v) is 3.00. The maximum atomic E-state index is 12.0. The van der Waals surface area contributed by atoms with Gasteiger partial charge in [0.25, 0.3) is 0 Å². The van der Waals surface area contributed by atoms with Crippen LogP contribution in [0, 0.1) is 0 Å². The maximum absolute atomic E-state index is 12.0. The van der Waals surface area contributed by atoms with Gasteiger partial charge in [-0.3, -0.25) is 4.79 Å². The van der Waals surface area contributed by atoms with Crippen LogP contribution >= 0.6 is 0 Å². The highest BCUT2D eigenvalue weighted by Crippen LogP contribution is 2.40. The standard InChI is InChI=1S/C15H10O5.CH4/c16-9-6-11(8-4-2-1-3-5-8)20-12-7-10(17)14(18)15(19)13(9)12;/h1-7,17-19H;1H4. The number of hydrogen-bond donors (Lipinski definition) is 3. The number of aromatic hydroxyl groups is 3. The zero-order valence-corrected chi connectivity index (χ0v) is 10.2. The summed E-state index contributed by atoms with van der Waals surface area (Å²) in [6.07, 6.45) is 0. The number of phenols is 3. The molecule has 5 heteroatoms. The highest BCUT2D eigenvalue weighted by molar-refractivity contribution is 5.89. The summed E-state index contributed by atoms with van der Waals surface area (Å²) in [5, 5.41) is 28.5. The minimum Gasteiger partial charge on any atom is -0.504 e. The summed E-state index contributed by atoms with van der Waals surface area (Å²) < 4.78 is 5.51. The molecule has 0 atom stereocenters. The van der Waals surface area contributed by atoms with E-state index in [0.717, 1.165) is 6.07 Å². The first-order valence-electron chi connectivity index (χ1n) is 5.85. The Hall–Kier alpha value is -2.95. The summed E-state index contributed by atoms with van der Waals surface area (Å²) in [6, 6.07) is 11.3. The van der Waals surface area contributed by atoms with E-state index in [4.69, 9.17) is 4.42 Å². The van der Waals surface area contributed by atoms with Crippen molar-refractivity contribution in [2.45, 2.75) is 7.43 Å². The van der Waals surface area contributed by atoms with Gasteiger partial charge >= 0.3 is 0 Å². The fraction of sp³-hybridized carbons (Fsp3) is 0.0625. The lowest BCUT2D eigenvalue weighted by Gasteiger charge is -2.06. The van der Waals surface area contributed by atoms with Crippen LogP contribution in [-0.4, -0.2) is 15.3 Å². The molecule has 0 aliphatic rings. The number of phenolic OH excluding ortho intramolecular Hbond substituents is 3. The molecule has 3 rings (SSSR count). The maximum Gasteiger partial charge on any atom is 0.201 e. The molecule has 0 saturated heterocycles. The van der Waals surface area contributed by atoms with Crippen molar-refractivity contribution >= 4 is 11.0 Å². The minimum atomic E-state index is -0.739. The molecular formula is C16H14O5. The average Bonchev–Trinajstić information content (AvgIpc) is 2.45. The molecule has 1 aromatic heterocycles. The normalized spacial score (nSPS) is 10.3. The van der Waals surface area contributed by atoms with Crippen LogP contribution in [-0.2, 0) is 0 Å². The minimum absolute atomic E-state index is 0. The molecule has 0 radical (unpaired) electrons. The molecule has 2 aromatic carbocycles. The Bertz CT molecular complexity index is 850. The molecule has 0 aliphatic heterocycles. The lowest BCUT2D eigenvalue weighted by molar-refractivity contribution is 0.370. The topological polar surface area (TPSA) is 90.9 Å². The summed E-state index contributed by atoms with van der Waals surface area (Å²) in [5.74, 6) is -1.67. The highest BCUT2D eigenvalue weighted by atomic mass is 16.3. The van der Waals surface area contributed by atoms with Crippen LogP contribution in [0.3, 0.4) is 0 Å². The smallest absolute Gasteiger partial charge is 0.201 e. The van der Waals surface area contributed by atoms with Crippen LogP contribution in [0.4, 0.5) is 0 Å². The molecule has 0 saturated carbocycles. The van der Waals surface area contributed by atoms with Crippen molar-refractivity contribution in [3.8, 4) is 28.6 Å². The fourth-order valence-electron chi connectivity index (χ4n) is 2.02. The SMILES string of the molecule is C.O=c1cc(-c2ccccc2)oc2cc(O)c(O)c(O)c12. The van der Waals surface area contributed by atoms with Gasteiger partial charge in [0.2, 0.25) is 5.75 Å². The van der Waals surface area contributed by atoms with Gasteiger partial charge in [0.1, 0.15) is 16.7 Å². The first-order valence-corrected chi connectivity index (χ1v) is 5.85. The first kappa shape index (κ1) is 14.5. The third-order valence-electron chi connectivity index (χ3n) is 3.00. The van der Waals surface area contributed by atoms with Crippen molar-refractivity contribution < 1.29 is 19.7 Å². The Morgan fingerprint density at radius 2 is 1.57 bits per heavy atom. The van der Waals surface area contributed by atoms with Gasteiger partial charge in [0.05, 0.1) is 0 Å². The van der Waals surface area contributed by atoms with Crippen LogP contribution in [0.2, 0.25) is 0 Å². The number of fused-ring (bicyclic) bond motifs is 1. The average molecular weight is 286 g/mol. The molecule has 0 aliphatic carbocycles. The van der Waals surface area contributed by atoms with E-state index >= 15 is 0 Å². The second kappa shape index (κ2) is 5.20. The Morgan fingerprint density at radius 3 is 2.24 bits per heavy atom. The molecule has 0 spiro atoms. The van der Waals surface area contributed by atoms with Crippen LogP contribution in [0.1, 0.15) is 7.43 Å². The predicted octanol–water partition coefficient (Wildman–Crippen LogP) is 3.21. The molecule has 108 valence electrons. The van der Waals surface area contributed by atoms with Gasteiger partial charge in [-0.15, -0.1) is 0 Å². The van der Waals surface area contributed by atoms with E-state index in [-0.39, 0.29) is 18.4 Å². The molecule has 21 heavy (non-hydrogen) atoms. The highest BCUT2D eigenvalue weighted by Gasteiger charge is 2.17. The quantitative estimate of drug-likeness (QED) is 0.597. The molecule has 0 unspecified atom stereocenters. The van der Waals surface area contributed by atoms with Crippen LogP contribution in [0.25, 0.3) is 22.3 Å². The Kier molecular flexibility index (Phi) is 3.58. The predicted molar refractivity (Wildman–Crippen MR) is 79.6 cm³/mol. The van der Waals surface area contributed by atoms with E-state index < -0.39 is 22.7 Å². The zero-order valence-electron chi connectivity index (χ0n) is 10.2. The largest absolute Gasteiger partial charge is 0.504 e. The summed E-state index contributed by atoms with van der Waals surface area (Å²) in [5.41, 5.74) is 0.195. The van der Waals surface area contributed by atoms with Gasteiger partial charge in [0.15, 0.2) is 16.9 Å². The van der Waals surface area contributed by atoms with E-state index in [0.29, 0.717) is 11.3 Å². The second-order valence-corrected chi connectivity index (χ2v) is 4.31. The van der Waals surface area contributed by atoms with Gasteiger partial charge in [0, 0.05) is 17.7 Å². The van der Waals surface area contributed by atoms with Gasteiger partial charge in [-0.2, -0.15) is 0 Å². The molecule has 3 aromatic rings. The summed E-state index contributed by atoms with van der Waals surface area (Å²) in [6.45, 7) is 0. The van der Waals surface area contributed by atoms with Crippen molar-refractivity contribution in [2.75, 3.05) is 0 Å². The van der Waals surface area contributed by atoms with Gasteiger partial charge in [-0.25, -0.2) is 0 Å². The van der Waals surface area contributed by atoms with Crippen molar-refractivity contribution in [2.24, 2.45) is 0 Å². The van der Waals surface area contributed by atoms with E-state index in [1.54, 1.807) is 24.3 Å². The number of rotatable bonds is 1. The third kappa shape index (κ3) is 2.29.